The Kier molecular flexibility index (Phi) is 5.27. The maximum atomic E-state index is 11.7. The summed E-state index contributed by atoms with van der Waals surface area (Å²) in [6.07, 6.45) is 0.425. The highest BCUT2D eigenvalue weighted by Crippen LogP contribution is 2.28. The molecule has 24 heavy (non-hydrogen) atoms. The second-order valence-electron chi connectivity index (χ2n) is 6.56. The lowest BCUT2D eigenvalue weighted by atomic mass is 10.2. The topological polar surface area (TPSA) is 112 Å². The molecule has 1 aromatic rings. The van der Waals surface area contributed by atoms with Gasteiger partial charge in [-0.2, -0.15) is 5.10 Å². The average Bonchev–Trinajstić information content (AvgIpc) is 2.86. The highest BCUT2D eigenvalue weighted by atomic mass is 16.6. The van der Waals surface area contributed by atoms with Crippen LogP contribution in [0.2, 0.25) is 0 Å². The molecule has 0 spiro atoms. The number of ether oxygens (including phenoxy) is 2. The normalized spacial score (nSPS) is 18.3. The number of rotatable bonds is 4. The van der Waals surface area contributed by atoms with Crippen molar-refractivity contribution in [2.75, 3.05) is 31.1 Å². The molecule has 0 saturated carbocycles. The molecule has 1 aromatic heterocycles. The second-order valence-corrected chi connectivity index (χ2v) is 6.56. The predicted octanol–water partition coefficient (Wildman–Crippen LogP) is 1.06. The van der Waals surface area contributed by atoms with Crippen LogP contribution in [0.25, 0.3) is 0 Å². The van der Waals surface area contributed by atoms with E-state index in [0.29, 0.717) is 25.5 Å². The van der Waals surface area contributed by atoms with Crippen molar-refractivity contribution in [3.63, 3.8) is 0 Å². The highest BCUT2D eigenvalue weighted by molar-refractivity contribution is 5.67. The van der Waals surface area contributed by atoms with Crippen LogP contribution in [0, 0.1) is 10.1 Å². The first-order chi connectivity index (χ1) is 11.2. The zero-order valence-corrected chi connectivity index (χ0v) is 14.3. The number of hydrogen-bond donors (Lipinski definition) is 1. The minimum atomic E-state index is -0.571. The Bertz CT molecular complexity index is 609. The van der Waals surface area contributed by atoms with Crippen LogP contribution in [-0.2, 0) is 16.5 Å². The van der Waals surface area contributed by atoms with E-state index in [1.165, 1.54) is 10.9 Å². The van der Waals surface area contributed by atoms with Gasteiger partial charge >= 0.3 is 11.8 Å². The molecular formula is C14H23N5O5. The van der Waals surface area contributed by atoms with Crippen molar-refractivity contribution in [1.82, 2.24) is 15.1 Å². The first kappa shape index (κ1) is 18.0. The Labute approximate surface area is 139 Å². The van der Waals surface area contributed by atoms with E-state index < -0.39 is 16.6 Å². The molecule has 0 bridgehead atoms. The van der Waals surface area contributed by atoms with E-state index in [-0.39, 0.29) is 18.3 Å². The van der Waals surface area contributed by atoms with Crippen molar-refractivity contribution >= 4 is 17.6 Å². The van der Waals surface area contributed by atoms with Gasteiger partial charge in [0.05, 0.1) is 17.6 Å². The van der Waals surface area contributed by atoms with Crippen LogP contribution in [0.5, 0.6) is 0 Å². The molecule has 1 atom stereocenters. The molecular weight excluding hydrogens is 318 g/mol. The van der Waals surface area contributed by atoms with Crippen molar-refractivity contribution in [3.05, 3.63) is 16.3 Å². The van der Waals surface area contributed by atoms with Crippen LogP contribution in [0.1, 0.15) is 20.8 Å². The number of hydrogen-bond acceptors (Lipinski definition) is 7. The Morgan fingerprint density at radius 3 is 2.92 bits per heavy atom. The number of amides is 1. The van der Waals surface area contributed by atoms with Gasteiger partial charge in [0.15, 0.2) is 0 Å². The first-order valence-corrected chi connectivity index (χ1v) is 7.67. The van der Waals surface area contributed by atoms with Gasteiger partial charge in [-0.3, -0.25) is 10.1 Å². The van der Waals surface area contributed by atoms with Crippen LogP contribution in [-0.4, -0.2) is 58.7 Å². The molecule has 1 fully saturated rings. The second kappa shape index (κ2) is 7.04. The van der Waals surface area contributed by atoms with Gasteiger partial charge in [0.25, 0.3) is 0 Å². The number of aromatic nitrogens is 2. The summed E-state index contributed by atoms with van der Waals surface area (Å²) in [5.41, 5.74) is -0.614. The van der Waals surface area contributed by atoms with Crippen molar-refractivity contribution in [1.29, 1.82) is 0 Å². The Balaban J connectivity index is 1.96. The molecule has 1 unspecified atom stereocenters. The molecule has 2 rings (SSSR count). The van der Waals surface area contributed by atoms with Gasteiger partial charge in [0.2, 0.25) is 5.82 Å². The standard InChI is InChI=1S/C14H23N5O5/c1-14(2,3)24-13(20)15-7-10-9-18(5-6-23-10)12-11(19(21)22)8-16-17(12)4/h8,10H,5-7,9H2,1-4H3,(H,15,20). The summed E-state index contributed by atoms with van der Waals surface area (Å²) in [7, 11) is 1.66. The minimum Gasteiger partial charge on any atom is -0.444 e. The molecule has 10 heteroatoms. The summed E-state index contributed by atoms with van der Waals surface area (Å²) in [6, 6.07) is 0. The Morgan fingerprint density at radius 1 is 1.58 bits per heavy atom. The number of aryl methyl sites for hydroxylation is 1. The van der Waals surface area contributed by atoms with Gasteiger partial charge in [0.1, 0.15) is 11.8 Å². The van der Waals surface area contributed by atoms with Gasteiger partial charge in [-0.15, -0.1) is 0 Å². The zero-order valence-electron chi connectivity index (χ0n) is 14.3. The van der Waals surface area contributed by atoms with Crippen molar-refractivity contribution in [2.24, 2.45) is 7.05 Å². The smallest absolute Gasteiger partial charge is 0.407 e. The average molecular weight is 341 g/mol. The molecule has 1 saturated heterocycles. The minimum absolute atomic E-state index is 0.0433. The van der Waals surface area contributed by atoms with Gasteiger partial charge in [0, 0.05) is 26.7 Å². The highest BCUT2D eigenvalue weighted by Gasteiger charge is 2.30. The number of nitrogens with one attached hydrogen (secondary N) is 1. The van der Waals surface area contributed by atoms with Crippen molar-refractivity contribution < 1.29 is 19.2 Å². The van der Waals surface area contributed by atoms with Crippen molar-refractivity contribution in [2.45, 2.75) is 32.5 Å². The van der Waals surface area contributed by atoms with Gasteiger partial charge in [-0.25, -0.2) is 9.48 Å². The summed E-state index contributed by atoms with van der Waals surface area (Å²) in [6.45, 7) is 6.95. The van der Waals surface area contributed by atoms with Gasteiger partial charge < -0.3 is 19.7 Å². The third-order valence-electron chi connectivity index (χ3n) is 3.40. The largest absolute Gasteiger partial charge is 0.444 e. The Morgan fingerprint density at radius 2 is 2.29 bits per heavy atom. The van der Waals surface area contributed by atoms with Crippen LogP contribution in [0.15, 0.2) is 6.20 Å². The van der Waals surface area contributed by atoms with Crippen molar-refractivity contribution in [3.8, 4) is 0 Å². The number of carbonyl (C=O) groups excluding carboxylic acids is 1. The molecule has 1 N–H and O–H groups in total. The Hall–Kier alpha value is -2.36. The third-order valence-corrected chi connectivity index (χ3v) is 3.40. The van der Waals surface area contributed by atoms with Crippen LogP contribution in [0.4, 0.5) is 16.3 Å². The van der Waals surface area contributed by atoms with E-state index >= 15 is 0 Å². The summed E-state index contributed by atoms with van der Waals surface area (Å²) in [4.78, 5) is 24.2. The first-order valence-electron chi connectivity index (χ1n) is 7.67. The number of nitro groups is 1. The zero-order chi connectivity index (χ0) is 17.9. The lowest BCUT2D eigenvalue weighted by Crippen LogP contribution is -2.48. The molecule has 134 valence electrons. The number of alkyl carbamates (subject to hydrolysis) is 1. The molecule has 2 heterocycles. The molecule has 0 radical (unpaired) electrons. The fourth-order valence-corrected chi connectivity index (χ4v) is 2.46. The molecule has 1 aliphatic rings. The monoisotopic (exact) mass is 341 g/mol. The van der Waals surface area contributed by atoms with Crippen LogP contribution in [0.3, 0.4) is 0 Å². The molecule has 1 aliphatic heterocycles. The lowest BCUT2D eigenvalue weighted by Gasteiger charge is -2.33. The van der Waals surface area contributed by atoms with E-state index in [4.69, 9.17) is 9.47 Å². The maximum Gasteiger partial charge on any atom is 0.407 e. The fourth-order valence-electron chi connectivity index (χ4n) is 2.46. The fraction of sp³-hybridized carbons (Fsp3) is 0.714. The number of nitrogens with zero attached hydrogens (tertiary/aromatic N) is 4. The molecule has 0 aromatic carbocycles. The lowest BCUT2D eigenvalue weighted by molar-refractivity contribution is -0.384. The van der Waals surface area contributed by atoms with E-state index in [2.05, 4.69) is 10.4 Å². The van der Waals surface area contributed by atoms with E-state index in [9.17, 15) is 14.9 Å². The van der Waals surface area contributed by atoms with Crippen LogP contribution < -0.4 is 10.2 Å². The van der Waals surface area contributed by atoms with Gasteiger partial charge in [-0.05, 0) is 20.8 Å². The summed E-state index contributed by atoms with van der Waals surface area (Å²) in [5, 5.41) is 17.7. The summed E-state index contributed by atoms with van der Waals surface area (Å²) >= 11 is 0. The number of anilines is 1. The number of morpholine rings is 1. The molecule has 1 amide bonds. The van der Waals surface area contributed by atoms with E-state index in [1.807, 2.05) is 4.90 Å². The van der Waals surface area contributed by atoms with E-state index in [0.717, 1.165) is 0 Å². The summed E-state index contributed by atoms with van der Waals surface area (Å²) in [5.74, 6) is 0.436. The SMILES string of the molecule is Cn1ncc([N+](=O)[O-])c1N1CCOC(CNC(=O)OC(C)(C)C)C1. The quantitative estimate of drug-likeness (QED) is 0.643. The molecule has 0 aliphatic carbocycles. The maximum absolute atomic E-state index is 11.7. The van der Waals surface area contributed by atoms with Crippen LogP contribution >= 0.6 is 0 Å². The number of carbonyl (C=O) groups is 1. The molecule has 10 nitrogen and oxygen atoms in total. The third kappa shape index (κ3) is 4.57. The van der Waals surface area contributed by atoms with E-state index in [1.54, 1.807) is 27.8 Å². The predicted molar refractivity (Wildman–Crippen MR) is 86.1 cm³/mol. The van der Waals surface area contributed by atoms with Gasteiger partial charge in [-0.1, -0.05) is 0 Å². The summed E-state index contributed by atoms with van der Waals surface area (Å²) < 4.78 is 12.3.